The molecule has 3 rings (SSSR count). The van der Waals surface area contributed by atoms with Crippen molar-refractivity contribution in [2.45, 2.75) is 94.7 Å². The van der Waals surface area contributed by atoms with Gasteiger partial charge in [0.15, 0.2) is 0 Å². The van der Waals surface area contributed by atoms with Crippen molar-refractivity contribution in [2.75, 3.05) is 33.0 Å². The molecule has 3 aliphatic rings. The smallest absolute Gasteiger partial charge is 0.369 e. The van der Waals surface area contributed by atoms with E-state index in [9.17, 15) is 30.7 Å². The fourth-order valence-electron chi connectivity index (χ4n) is 4.05. The van der Waals surface area contributed by atoms with Crippen LogP contribution in [-0.4, -0.2) is 82.3 Å². The number of halogens is 7. The Morgan fingerprint density at radius 3 is 1.69 bits per heavy atom. The Morgan fingerprint density at radius 2 is 1.20 bits per heavy atom. The highest BCUT2D eigenvalue weighted by Gasteiger charge is 2.52. The number of alkyl halides is 7. The summed E-state index contributed by atoms with van der Waals surface area (Å²) in [7, 11) is 0. The van der Waals surface area contributed by atoms with Crippen molar-refractivity contribution in [3.05, 3.63) is 0 Å². The lowest BCUT2D eigenvalue weighted by Gasteiger charge is -2.38. The summed E-state index contributed by atoms with van der Waals surface area (Å²) in [4.78, 5) is 0. The lowest BCUT2D eigenvalue weighted by molar-refractivity contribution is -0.421. The highest BCUT2D eigenvalue weighted by atomic mass is 19.4. The van der Waals surface area contributed by atoms with Gasteiger partial charge < -0.3 is 33.2 Å². The molecule has 3 fully saturated rings. The first-order valence-corrected chi connectivity index (χ1v) is 11.7. The maximum atomic E-state index is 14.5. The van der Waals surface area contributed by atoms with Crippen molar-refractivity contribution in [1.82, 2.24) is 0 Å². The van der Waals surface area contributed by atoms with Crippen molar-refractivity contribution in [2.24, 2.45) is 5.92 Å². The highest BCUT2D eigenvalue weighted by molar-refractivity contribution is 4.79. The molecule has 0 saturated carbocycles. The molecule has 0 bridgehead atoms. The van der Waals surface area contributed by atoms with Gasteiger partial charge in [0.1, 0.15) is 18.3 Å². The van der Waals surface area contributed by atoms with E-state index in [0.717, 1.165) is 25.7 Å². The first-order chi connectivity index (χ1) is 16.4. The predicted molar refractivity (Wildman–Crippen MR) is 104 cm³/mol. The molecule has 14 heteroatoms. The second-order valence-electron chi connectivity index (χ2n) is 8.90. The summed E-state index contributed by atoms with van der Waals surface area (Å²) in [5.41, 5.74) is 0. The molecule has 0 aromatic carbocycles. The molecule has 206 valence electrons. The zero-order chi connectivity index (χ0) is 25.7. The summed E-state index contributed by atoms with van der Waals surface area (Å²) in [5.74, 6) is 0.220. The maximum absolute atomic E-state index is 14.5. The van der Waals surface area contributed by atoms with Crippen LogP contribution in [0.2, 0.25) is 0 Å². The number of hydrogen-bond acceptors (Lipinski definition) is 7. The minimum atomic E-state index is -4.81. The molecular weight excluding hydrogens is 497 g/mol. The van der Waals surface area contributed by atoms with Gasteiger partial charge in [-0.25, -0.2) is 0 Å². The molecule has 0 aliphatic carbocycles. The van der Waals surface area contributed by atoms with E-state index < -0.39 is 75.7 Å². The Labute approximate surface area is 198 Å². The molecule has 35 heavy (non-hydrogen) atoms. The van der Waals surface area contributed by atoms with Crippen LogP contribution in [0.5, 0.6) is 0 Å². The van der Waals surface area contributed by atoms with Crippen LogP contribution < -0.4 is 0 Å². The van der Waals surface area contributed by atoms with Gasteiger partial charge in [0, 0.05) is 0 Å². The van der Waals surface area contributed by atoms with Crippen molar-refractivity contribution in [3.63, 3.8) is 0 Å². The second-order valence-corrected chi connectivity index (χ2v) is 8.90. The minimum Gasteiger partial charge on any atom is -0.369 e. The Hall–Kier alpha value is -0.770. The monoisotopic (exact) mass is 528 g/mol. The van der Waals surface area contributed by atoms with Gasteiger partial charge in [-0.1, -0.05) is 26.2 Å². The van der Waals surface area contributed by atoms with E-state index in [0.29, 0.717) is 6.42 Å². The average Bonchev–Trinajstić information content (AvgIpc) is 2.79. The van der Waals surface area contributed by atoms with E-state index in [1.807, 2.05) is 0 Å². The molecule has 2 unspecified atom stereocenters. The molecule has 0 N–H and O–H groups in total. The van der Waals surface area contributed by atoms with Crippen LogP contribution in [0.4, 0.5) is 30.7 Å². The summed E-state index contributed by atoms with van der Waals surface area (Å²) >= 11 is 0. The van der Waals surface area contributed by atoms with Gasteiger partial charge in [-0.15, -0.1) is 0 Å². The van der Waals surface area contributed by atoms with Crippen LogP contribution in [0.3, 0.4) is 0 Å². The Kier molecular flexibility index (Phi) is 10.0. The fourth-order valence-corrected chi connectivity index (χ4v) is 4.05. The molecular formula is C21H31F7O7. The third-order valence-corrected chi connectivity index (χ3v) is 5.88. The van der Waals surface area contributed by atoms with Crippen molar-refractivity contribution in [1.29, 1.82) is 0 Å². The number of hydrogen-bond donors (Lipinski definition) is 0. The Balaban J connectivity index is 1.39. The minimum absolute atomic E-state index is 0.105. The zero-order valence-electron chi connectivity index (χ0n) is 19.2. The van der Waals surface area contributed by atoms with Gasteiger partial charge in [0.05, 0.1) is 33.0 Å². The molecule has 2 atom stereocenters. The van der Waals surface area contributed by atoms with Crippen LogP contribution >= 0.6 is 0 Å². The van der Waals surface area contributed by atoms with E-state index in [4.69, 9.17) is 18.9 Å². The van der Waals surface area contributed by atoms with Gasteiger partial charge in [-0.3, -0.25) is 0 Å². The summed E-state index contributed by atoms with van der Waals surface area (Å²) in [6.07, 6.45) is -16.9. The molecule has 0 radical (unpaired) electrons. The van der Waals surface area contributed by atoms with Crippen LogP contribution in [-0.2, 0) is 33.2 Å². The summed E-state index contributed by atoms with van der Waals surface area (Å²) in [6.45, 7) is -0.596. The van der Waals surface area contributed by atoms with E-state index in [-0.39, 0.29) is 18.9 Å². The van der Waals surface area contributed by atoms with Gasteiger partial charge >= 0.3 is 18.4 Å². The van der Waals surface area contributed by atoms with Gasteiger partial charge in [0.25, 0.3) is 12.6 Å². The van der Waals surface area contributed by atoms with E-state index in [2.05, 4.69) is 21.1 Å². The number of rotatable bonds is 10. The highest BCUT2D eigenvalue weighted by Crippen LogP contribution is 2.36. The molecule has 3 heterocycles. The average molecular weight is 528 g/mol. The van der Waals surface area contributed by atoms with E-state index >= 15 is 0 Å². The summed E-state index contributed by atoms with van der Waals surface area (Å²) < 4.78 is 128. The zero-order valence-corrected chi connectivity index (χ0v) is 19.2. The SMILES string of the molecule is CCCCCC1CCC(C(F)(F)OC2COC(C(F)(F)OC3COC(C(F)(F)F)OC3)OC2)OC1. The lowest BCUT2D eigenvalue weighted by atomic mass is 9.93. The standard InChI is InChI=1S/C21H31F7O7/c1-2-3-4-5-13-6-7-16(29-8-13)20(25,26)34-14-11-32-18(33-12-14)21(27,28)35-15-9-30-17(31-10-15)19(22,23)24/h13-18H,2-12H2,1H3. The van der Waals surface area contributed by atoms with Gasteiger partial charge in [0.2, 0.25) is 0 Å². The summed E-state index contributed by atoms with van der Waals surface area (Å²) in [6, 6.07) is 0. The van der Waals surface area contributed by atoms with Gasteiger partial charge in [-0.2, -0.15) is 30.7 Å². The lowest BCUT2D eigenvalue weighted by Crippen LogP contribution is -2.54. The van der Waals surface area contributed by atoms with Crippen LogP contribution in [0.25, 0.3) is 0 Å². The largest absolute Gasteiger partial charge is 0.440 e. The second kappa shape index (κ2) is 12.2. The number of unbranched alkanes of at least 4 members (excludes halogenated alkanes) is 2. The third kappa shape index (κ3) is 8.37. The van der Waals surface area contributed by atoms with Crippen molar-refractivity contribution >= 4 is 0 Å². The molecule has 0 aromatic heterocycles. The fraction of sp³-hybridized carbons (Fsp3) is 1.00. The van der Waals surface area contributed by atoms with Gasteiger partial charge in [-0.05, 0) is 25.2 Å². The van der Waals surface area contributed by atoms with Crippen molar-refractivity contribution < 1.29 is 63.9 Å². The maximum Gasteiger partial charge on any atom is 0.440 e. The van der Waals surface area contributed by atoms with Crippen molar-refractivity contribution in [3.8, 4) is 0 Å². The molecule has 3 saturated heterocycles. The van der Waals surface area contributed by atoms with E-state index in [1.165, 1.54) is 0 Å². The third-order valence-electron chi connectivity index (χ3n) is 5.88. The molecule has 0 amide bonds. The first kappa shape index (κ1) is 28.8. The van der Waals surface area contributed by atoms with Crippen LogP contribution in [0.15, 0.2) is 0 Å². The molecule has 0 aromatic rings. The normalized spacial score (nSPS) is 33.6. The number of ether oxygens (including phenoxy) is 7. The summed E-state index contributed by atoms with van der Waals surface area (Å²) in [5, 5.41) is 0. The quantitative estimate of drug-likeness (QED) is 0.303. The Bertz CT molecular complexity index is 628. The molecule has 7 nitrogen and oxygen atoms in total. The topological polar surface area (TPSA) is 64.6 Å². The predicted octanol–water partition coefficient (Wildman–Crippen LogP) is 4.63. The molecule has 3 aliphatic heterocycles. The van der Waals surface area contributed by atoms with Crippen LogP contribution in [0.1, 0.15) is 45.4 Å². The van der Waals surface area contributed by atoms with Crippen LogP contribution in [0, 0.1) is 5.92 Å². The molecule has 0 spiro atoms. The first-order valence-electron chi connectivity index (χ1n) is 11.7. The van der Waals surface area contributed by atoms with E-state index in [1.54, 1.807) is 0 Å². The Morgan fingerprint density at radius 1 is 0.657 bits per heavy atom.